The van der Waals surface area contributed by atoms with Crippen LogP contribution in [0.1, 0.15) is 72.6 Å². The van der Waals surface area contributed by atoms with Gasteiger partial charge in [-0.2, -0.15) is 0 Å². The van der Waals surface area contributed by atoms with E-state index in [0.29, 0.717) is 18.4 Å². The van der Waals surface area contributed by atoms with Gasteiger partial charge in [0.2, 0.25) is 0 Å². The maximum absolute atomic E-state index is 13.6. The summed E-state index contributed by atoms with van der Waals surface area (Å²) >= 11 is 0. The van der Waals surface area contributed by atoms with Gasteiger partial charge in [0.25, 0.3) is 5.56 Å². The Hall–Kier alpha value is -1.58. The number of hydrogen-bond donors (Lipinski definition) is 2. The molecule has 0 radical (unpaired) electrons. The number of carboxylic acid groups (broad SMARTS) is 1. The van der Waals surface area contributed by atoms with Gasteiger partial charge in [-0.15, -0.1) is 0 Å². The first-order chi connectivity index (χ1) is 17.6. The smallest absolute Gasteiger partial charge is 0.333 e. The zero-order valence-corrected chi connectivity index (χ0v) is 27.7. The lowest BCUT2D eigenvalue weighted by atomic mass is 10.1. The van der Waals surface area contributed by atoms with Gasteiger partial charge in [-0.3, -0.25) is 18.7 Å². The van der Waals surface area contributed by atoms with Crippen LogP contribution in [-0.2, 0) is 24.9 Å². The second kappa shape index (κ2) is 12.1. The van der Waals surface area contributed by atoms with E-state index in [9.17, 15) is 19.5 Å². The molecule has 1 aliphatic rings. The highest BCUT2D eigenvalue weighted by molar-refractivity contribution is 6.74. The van der Waals surface area contributed by atoms with Crippen LogP contribution in [0.2, 0.25) is 36.3 Å². The van der Waals surface area contributed by atoms with Gasteiger partial charge in [0, 0.05) is 24.7 Å². The summed E-state index contributed by atoms with van der Waals surface area (Å²) in [7, 11) is -4.55. The second-order valence-electron chi connectivity index (χ2n) is 13.8. The van der Waals surface area contributed by atoms with Crippen molar-refractivity contribution in [1.29, 1.82) is 0 Å². The number of rotatable bonds is 11. The minimum Gasteiger partial charge on any atom is -0.481 e. The van der Waals surface area contributed by atoms with Gasteiger partial charge >= 0.3 is 11.7 Å². The van der Waals surface area contributed by atoms with E-state index in [1.807, 2.05) is 0 Å². The van der Waals surface area contributed by atoms with Gasteiger partial charge < -0.3 is 23.8 Å². The van der Waals surface area contributed by atoms with Gasteiger partial charge in [-0.1, -0.05) is 41.5 Å². The lowest BCUT2D eigenvalue weighted by Gasteiger charge is -2.40. The average molecular weight is 587 g/mol. The summed E-state index contributed by atoms with van der Waals surface area (Å²) < 4.78 is 21.9. The van der Waals surface area contributed by atoms with Crippen molar-refractivity contribution in [2.75, 3.05) is 6.61 Å². The summed E-state index contributed by atoms with van der Waals surface area (Å²) in [6.45, 7) is 23.0. The van der Waals surface area contributed by atoms with Crippen molar-refractivity contribution in [3.8, 4) is 0 Å². The van der Waals surface area contributed by atoms with Crippen molar-refractivity contribution in [3.63, 3.8) is 0 Å². The van der Waals surface area contributed by atoms with E-state index in [-0.39, 0.29) is 29.6 Å². The zero-order valence-electron chi connectivity index (χ0n) is 25.7. The normalized spacial score (nSPS) is 22.9. The van der Waals surface area contributed by atoms with Crippen molar-refractivity contribution < 1.29 is 28.6 Å². The predicted octanol–water partition coefficient (Wildman–Crippen LogP) is 4.24. The standard InChI is InChI=1S/C27H50N2O8Si2/c1-18-16-29(25(34)28(23(18)33)15-13-12-14-20(30)31)24-22(37-39(10,11)27(5,6)7)21(32)19(36-24)17-35-38(8,9)26(2,3)4/h16,19,21-22,24,32H,12-15,17H2,1-11H3,(H,30,31)/t19-,21-,22-,24-/m1/s1. The fourth-order valence-electron chi connectivity index (χ4n) is 3.91. The van der Waals surface area contributed by atoms with Crippen LogP contribution in [-0.4, -0.2) is 66.9 Å². The molecule has 1 aliphatic heterocycles. The molecule has 224 valence electrons. The van der Waals surface area contributed by atoms with E-state index in [1.54, 1.807) is 6.92 Å². The van der Waals surface area contributed by atoms with Crippen LogP contribution < -0.4 is 11.2 Å². The first kappa shape index (κ1) is 33.6. The first-order valence-corrected chi connectivity index (χ1v) is 19.6. The number of aliphatic hydroxyl groups is 1. The number of carboxylic acids is 1. The molecular weight excluding hydrogens is 536 g/mol. The van der Waals surface area contributed by atoms with Crippen LogP contribution >= 0.6 is 0 Å². The van der Waals surface area contributed by atoms with E-state index in [1.165, 1.54) is 10.8 Å². The molecule has 0 bridgehead atoms. The number of nitrogens with zero attached hydrogens (tertiary/aromatic N) is 2. The minimum absolute atomic E-state index is 0.0306. The monoisotopic (exact) mass is 586 g/mol. The highest BCUT2D eigenvalue weighted by atomic mass is 28.4. The second-order valence-corrected chi connectivity index (χ2v) is 23.3. The van der Waals surface area contributed by atoms with E-state index in [4.69, 9.17) is 18.7 Å². The predicted molar refractivity (Wildman–Crippen MR) is 156 cm³/mol. The van der Waals surface area contributed by atoms with Gasteiger partial charge in [0.15, 0.2) is 22.9 Å². The molecule has 2 rings (SSSR count). The Morgan fingerprint density at radius 1 is 1.03 bits per heavy atom. The number of unbranched alkanes of at least 4 members (excludes halogenated alkanes) is 1. The van der Waals surface area contributed by atoms with Crippen molar-refractivity contribution in [2.24, 2.45) is 0 Å². The third-order valence-corrected chi connectivity index (χ3v) is 17.6. The molecule has 0 aliphatic carbocycles. The zero-order chi connectivity index (χ0) is 30.1. The number of aromatic nitrogens is 2. The number of aliphatic hydroxyl groups excluding tert-OH is 1. The van der Waals surface area contributed by atoms with Crippen LogP contribution in [0.25, 0.3) is 0 Å². The van der Waals surface area contributed by atoms with Gasteiger partial charge in [-0.25, -0.2) is 4.79 Å². The van der Waals surface area contributed by atoms with Gasteiger partial charge in [0.1, 0.15) is 18.3 Å². The Morgan fingerprint density at radius 2 is 1.59 bits per heavy atom. The maximum Gasteiger partial charge on any atom is 0.333 e. The van der Waals surface area contributed by atoms with Crippen molar-refractivity contribution in [1.82, 2.24) is 9.13 Å². The first-order valence-electron chi connectivity index (χ1n) is 13.8. The van der Waals surface area contributed by atoms with Crippen molar-refractivity contribution in [3.05, 3.63) is 32.6 Å². The topological polar surface area (TPSA) is 129 Å². The number of ether oxygens (including phenoxy) is 1. The van der Waals surface area contributed by atoms with E-state index in [0.717, 1.165) is 4.57 Å². The molecule has 1 saturated heterocycles. The Labute approximate surface area is 234 Å². The van der Waals surface area contributed by atoms with E-state index < -0.39 is 58.4 Å². The number of aryl methyl sites for hydroxylation is 1. The number of aliphatic carboxylic acids is 1. The third-order valence-electron chi connectivity index (χ3n) is 8.63. The minimum atomic E-state index is -2.41. The van der Waals surface area contributed by atoms with E-state index in [2.05, 4.69) is 67.7 Å². The summed E-state index contributed by atoms with van der Waals surface area (Å²) in [4.78, 5) is 37.4. The Bertz CT molecular complexity index is 1130. The van der Waals surface area contributed by atoms with E-state index >= 15 is 0 Å². The Balaban J connectivity index is 2.49. The summed E-state index contributed by atoms with van der Waals surface area (Å²) in [5.41, 5.74) is -0.657. The van der Waals surface area contributed by atoms with Crippen LogP contribution in [0, 0.1) is 6.92 Å². The molecule has 39 heavy (non-hydrogen) atoms. The quantitative estimate of drug-likeness (QED) is 0.291. The van der Waals surface area contributed by atoms with Crippen LogP contribution in [0.4, 0.5) is 0 Å². The van der Waals surface area contributed by atoms with Crippen LogP contribution in [0.15, 0.2) is 15.8 Å². The van der Waals surface area contributed by atoms with Crippen LogP contribution in [0.3, 0.4) is 0 Å². The van der Waals surface area contributed by atoms with Gasteiger partial charge in [-0.05, 0) is 56.0 Å². The lowest BCUT2D eigenvalue weighted by molar-refractivity contribution is -0.137. The highest BCUT2D eigenvalue weighted by Gasteiger charge is 2.51. The molecule has 4 atom stereocenters. The van der Waals surface area contributed by atoms with Crippen molar-refractivity contribution in [2.45, 2.75) is 135 Å². The number of hydrogen-bond acceptors (Lipinski definition) is 7. The molecule has 1 fully saturated rings. The largest absolute Gasteiger partial charge is 0.481 e. The molecule has 2 heterocycles. The molecule has 0 saturated carbocycles. The average Bonchev–Trinajstić information content (AvgIpc) is 3.07. The molecule has 0 amide bonds. The lowest BCUT2D eigenvalue weighted by Crippen LogP contribution is -2.51. The Kier molecular flexibility index (Phi) is 10.4. The molecule has 10 nitrogen and oxygen atoms in total. The highest BCUT2D eigenvalue weighted by Crippen LogP contribution is 2.42. The summed E-state index contributed by atoms with van der Waals surface area (Å²) in [6, 6.07) is 0. The third kappa shape index (κ3) is 7.79. The fourth-order valence-corrected chi connectivity index (χ4v) is 6.22. The van der Waals surface area contributed by atoms with Crippen molar-refractivity contribution >= 4 is 22.6 Å². The summed E-state index contributed by atoms with van der Waals surface area (Å²) in [6.07, 6.45) is -1.42. The van der Waals surface area contributed by atoms with Crippen LogP contribution in [0.5, 0.6) is 0 Å². The number of carbonyl (C=O) groups is 1. The molecule has 0 spiro atoms. The molecule has 1 aromatic rings. The molecular formula is C27H50N2O8Si2. The fraction of sp³-hybridized carbons (Fsp3) is 0.815. The Morgan fingerprint density at radius 3 is 2.10 bits per heavy atom. The molecule has 1 aromatic heterocycles. The molecule has 0 aromatic carbocycles. The SMILES string of the molecule is Cc1cn([C@@H]2O[C@H](CO[Si](C)(C)C(C)(C)C)[C@@H](O)[C@H]2O[Si](C)(C)C(C)(C)C)c(=O)n(CCCCC(=O)O)c1=O. The maximum atomic E-state index is 13.6. The molecule has 0 unspecified atom stereocenters. The summed E-state index contributed by atoms with van der Waals surface area (Å²) in [5, 5.41) is 20.2. The summed E-state index contributed by atoms with van der Waals surface area (Å²) in [5.74, 6) is -0.922. The molecule has 2 N–H and O–H groups in total. The van der Waals surface area contributed by atoms with Gasteiger partial charge in [0.05, 0.1) is 6.61 Å². The molecule has 12 heteroatoms.